The maximum absolute atomic E-state index is 6.17. The summed E-state index contributed by atoms with van der Waals surface area (Å²) in [7, 11) is 0. The first-order chi connectivity index (χ1) is 11.3. The molecule has 5 heteroatoms. The molecule has 0 bridgehead atoms. The fourth-order valence-electron chi connectivity index (χ4n) is 2.91. The van der Waals surface area contributed by atoms with Gasteiger partial charge in [-0.25, -0.2) is 0 Å². The zero-order chi connectivity index (χ0) is 15.8. The largest absolute Gasteiger partial charge is 0.335 e. The SMILES string of the molecule is NSc1ccc(Cn2c3ccc(Cl)cc3c3ncccc32)cc1. The maximum Gasteiger partial charge on any atom is 0.0960 e. The molecule has 0 spiro atoms. The van der Waals surface area contributed by atoms with Crippen molar-refractivity contribution in [2.75, 3.05) is 0 Å². The van der Waals surface area contributed by atoms with Gasteiger partial charge in [0.05, 0.1) is 16.6 Å². The van der Waals surface area contributed by atoms with Crippen molar-refractivity contribution in [1.29, 1.82) is 0 Å². The zero-order valence-electron chi connectivity index (χ0n) is 12.2. The lowest BCUT2D eigenvalue weighted by Gasteiger charge is -2.08. The predicted octanol–water partition coefficient (Wildman–Crippen LogP) is 4.86. The monoisotopic (exact) mass is 339 g/mol. The third-order valence-corrected chi connectivity index (χ3v) is 4.76. The highest BCUT2D eigenvalue weighted by molar-refractivity contribution is 7.97. The molecule has 0 atom stereocenters. The number of rotatable bonds is 3. The Morgan fingerprint density at radius 2 is 1.87 bits per heavy atom. The molecule has 4 rings (SSSR count). The molecule has 2 aromatic heterocycles. The molecule has 3 nitrogen and oxygen atoms in total. The number of benzene rings is 2. The van der Waals surface area contributed by atoms with Crippen LogP contribution in [0.5, 0.6) is 0 Å². The molecular formula is C18H14ClN3S. The van der Waals surface area contributed by atoms with E-state index < -0.39 is 0 Å². The second-order valence-corrected chi connectivity index (χ2v) is 6.52. The number of nitrogens with zero attached hydrogens (tertiary/aromatic N) is 2. The average molecular weight is 340 g/mol. The number of hydrogen-bond acceptors (Lipinski definition) is 3. The second-order valence-electron chi connectivity index (χ2n) is 5.38. The van der Waals surface area contributed by atoms with Crippen LogP contribution in [0.2, 0.25) is 5.02 Å². The molecule has 2 aromatic carbocycles. The van der Waals surface area contributed by atoms with Crippen molar-refractivity contribution >= 4 is 45.5 Å². The molecule has 2 N–H and O–H groups in total. The number of aromatic nitrogens is 2. The van der Waals surface area contributed by atoms with Gasteiger partial charge in [0.15, 0.2) is 0 Å². The Kier molecular flexibility index (Phi) is 3.73. The Hall–Kier alpha value is -2.01. The topological polar surface area (TPSA) is 43.8 Å². The van der Waals surface area contributed by atoms with E-state index in [0.717, 1.165) is 38.4 Å². The molecule has 0 amide bonds. The smallest absolute Gasteiger partial charge is 0.0960 e. The number of halogens is 1. The summed E-state index contributed by atoms with van der Waals surface area (Å²) >= 11 is 7.43. The summed E-state index contributed by atoms with van der Waals surface area (Å²) in [6.07, 6.45) is 1.82. The molecule has 4 aromatic rings. The van der Waals surface area contributed by atoms with E-state index in [4.69, 9.17) is 16.7 Å². The Bertz CT molecular complexity index is 992. The van der Waals surface area contributed by atoms with Crippen LogP contribution in [-0.4, -0.2) is 9.55 Å². The normalized spacial score (nSPS) is 11.4. The van der Waals surface area contributed by atoms with Crippen LogP contribution >= 0.6 is 23.5 Å². The molecular weight excluding hydrogens is 326 g/mol. The van der Waals surface area contributed by atoms with E-state index in [1.54, 1.807) is 0 Å². The molecule has 0 radical (unpaired) electrons. The minimum absolute atomic E-state index is 0.728. The summed E-state index contributed by atoms with van der Waals surface area (Å²) in [6, 6.07) is 18.3. The third-order valence-electron chi connectivity index (χ3n) is 3.98. The number of fused-ring (bicyclic) bond motifs is 3. The van der Waals surface area contributed by atoms with Gasteiger partial charge in [-0.05, 0) is 60.0 Å². The van der Waals surface area contributed by atoms with Crippen molar-refractivity contribution in [2.45, 2.75) is 11.4 Å². The van der Waals surface area contributed by atoms with Crippen LogP contribution in [0.4, 0.5) is 0 Å². The zero-order valence-corrected chi connectivity index (χ0v) is 13.8. The van der Waals surface area contributed by atoms with Gasteiger partial charge in [0, 0.05) is 28.0 Å². The molecule has 2 heterocycles. The van der Waals surface area contributed by atoms with Gasteiger partial charge in [-0.1, -0.05) is 23.7 Å². The molecule has 23 heavy (non-hydrogen) atoms. The molecule has 0 saturated carbocycles. The van der Waals surface area contributed by atoms with E-state index in [1.807, 2.05) is 36.5 Å². The highest BCUT2D eigenvalue weighted by Crippen LogP contribution is 2.30. The second kappa shape index (κ2) is 5.89. The molecule has 0 unspecified atom stereocenters. The van der Waals surface area contributed by atoms with E-state index in [0.29, 0.717) is 0 Å². The minimum Gasteiger partial charge on any atom is -0.335 e. The van der Waals surface area contributed by atoms with Gasteiger partial charge >= 0.3 is 0 Å². The van der Waals surface area contributed by atoms with Gasteiger partial charge in [0.25, 0.3) is 0 Å². The van der Waals surface area contributed by atoms with Gasteiger partial charge < -0.3 is 4.57 Å². The standard InChI is InChI=1S/C18H14ClN3S/c19-13-5-8-16-15(10-13)18-17(2-1-9-21-18)22(16)11-12-3-6-14(23-20)7-4-12/h1-10H,11,20H2. The summed E-state index contributed by atoms with van der Waals surface area (Å²) in [5, 5.41) is 7.40. The minimum atomic E-state index is 0.728. The Morgan fingerprint density at radius 1 is 1.04 bits per heavy atom. The molecule has 0 saturated heterocycles. The lowest BCUT2D eigenvalue weighted by molar-refractivity contribution is 0.867. The third kappa shape index (κ3) is 2.59. The van der Waals surface area contributed by atoms with E-state index in [-0.39, 0.29) is 0 Å². The average Bonchev–Trinajstić information content (AvgIpc) is 2.89. The first kappa shape index (κ1) is 14.6. The van der Waals surface area contributed by atoms with E-state index in [9.17, 15) is 0 Å². The van der Waals surface area contributed by atoms with E-state index >= 15 is 0 Å². The summed E-state index contributed by atoms with van der Waals surface area (Å²) in [4.78, 5) is 5.60. The lowest BCUT2D eigenvalue weighted by atomic mass is 10.2. The fourth-order valence-corrected chi connectivity index (χ4v) is 3.38. The van der Waals surface area contributed by atoms with E-state index in [1.165, 1.54) is 17.5 Å². The predicted molar refractivity (Wildman–Crippen MR) is 97.8 cm³/mol. The van der Waals surface area contributed by atoms with Crippen molar-refractivity contribution in [3.05, 3.63) is 71.4 Å². The van der Waals surface area contributed by atoms with Crippen LogP contribution in [0.15, 0.2) is 65.7 Å². The summed E-state index contributed by atoms with van der Waals surface area (Å²) in [5.41, 5.74) is 4.46. The van der Waals surface area contributed by atoms with Crippen molar-refractivity contribution in [3.63, 3.8) is 0 Å². The highest BCUT2D eigenvalue weighted by Gasteiger charge is 2.12. The van der Waals surface area contributed by atoms with Crippen LogP contribution < -0.4 is 5.14 Å². The lowest BCUT2D eigenvalue weighted by Crippen LogP contribution is -1.99. The van der Waals surface area contributed by atoms with Gasteiger partial charge in [-0.3, -0.25) is 10.1 Å². The quantitative estimate of drug-likeness (QED) is 0.542. The van der Waals surface area contributed by atoms with Crippen LogP contribution in [0.25, 0.3) is 21.9 Å². The van der Waals surface area contributed by atoms with Crippen LogP contribution in [-0.2, 0) is 6.54 Å². The Morgan fingerprint density at radius 3 is 2.65 bits per heavy atom. The van der Waals surface area contributed by atoms with Gasteiger partial charge in [-0.15, -0.1) is 0 Å². The number of pyridine rings is 1. The Balaban J connectivity index is 1.89. The number of nitrogens with two attached hydrogens (primary N) is 1. The van der Waals surface area contributed by atoms with Crippen LogP contribution in [0, 0.1) is 0 Å². The van der Waals surface area contributed by atoms with Crippen LogP contribution in [0.1, 0.15) is 5.56 Å². The maximum atomic E-state index is 6.17. The Labute approximate surface area is 143 Å². The van der Waals surface area contributed by atoms with Crippen molar-refractivity contribution in [3.8, 4) is 0 Å². The van der Waals surface area contributed by atoms with Gasteiger partial charge in [0.1, 0.15) is 0 Å². The molecule has 0 fully saturated rings. The molecule has 0 aliphatic carbocycles. The highest BCUT2D eigenvalue weighted by atomic mass is 35.5. The summed E-state index contributed by atoms with van der Waals surface area (Å²) in [5.74, 6) is 0. The summed E-state index contributed by atoms with van der Waals surface area (Å²) in [6.45, 7) is 0.781. The summed E-state index contributed by atoms with van der Waals surface area (Å²) < 4.78 is 2.28. The van der Waals surface area contributed by atoms with Crippen LogP contribution in [0.3, 0.4) is 0 Å². The first-order valence-corrected chi connectivity index (χ1v) is 8.50. The molecule has 0 aliphatic rings. The first-order valence-electron chi connectivity index (χ1n) is 7.24. The van der Waals surface area contributed by atoms with Gasteiger partial charge in [0.2, 0.25) is 0 Å². The number of hydrogen-bond donors (Lipinski definition) is 1. The fraction of sp³-hybridized carbons (Fsp3) is 0.0556. The molecule has 0 aliphatic heterocycles. The van der Waals surface area contributed by atoms with Crippen molar-refractivity contribution < 1.29 is 0 Å². The van der Waals surface area contributed by atoms with Crippen molar-refractivity contribution in [2.24, 2.45) is 5.14 Å². The molecule has 114 valence electrons. The van der Waals surface area contributed by atoms with Crippen molar-refractivity contribution in [1.82, 2.24) is 9.55 Å². The van der Waals surface area contributed by atoms with Gasteiger partial charge in [-0.2, -0.15) is 0 Å². The van der Waals surface area contributed by atoms with E-state index in [2.05, 4.69) is 33.8 Å².